The van der Waals surface area contributed by atoms with Crippen LogP contribution in [0.15, 0.2) is 0 Å². The second kappa shape index (κ2) is 21.4. The molecule has 12 nitrogen and oxygen atoms in total. The number of hydrogen-bond donors (Lipinski definition) is 4. The lowest BCUT2D eigenvalue weighted by Gasteiger charge is -2.33. The zero-order valence-corrected chi connectivity index (χ0v) is 27.7. The van der Waals surface area contributed by atoms with E-state index in [0.29, 0.717) is 77.7 Å². The molecule has 1 rings (SSSR count). The molecular weight excluding hydrogens is 552 g/mol. The van der Waals surface area contributed by atoms with Gasteiger partial charge in [-0.15, -0.1) is 0 Å². The van der Waals surface area contributed by atoms with Crippen LogP contribution in [0.1, 0.15) is 80.1 Å². The van der Waals surface area contributed by atoms with E-state index in [2.05, 4.69) is 21.3 Å². The number of carbonyl (C=O) groups excluding carboxylic acids is 2. The summed E-state index contributed by atoms with van der Waals surface area (Å²) in [6, 6.07) is 0.549. The maximum absolute atomic E-state index is 12.6. The van der Waals surface area contributed by atoms with Gasteiger partial charge in [-0.25, -0.2) is 9.59 Å². The maximum Gasteiger partial charge on any atom is 0.500 e. The van der Waals surface area contributed by atoms with Gasteiger partial charge >= 0.3 is 29.7 Å². The van der Waals surface area contributed by atoms with Crippen molar-refractivity contribution in [2.45, 2.75) is 104 Å². The van der Waals surface area contributed by atoms with E-state index >= 15 is 0 Å². The molecule has 14 heteroatoms. The summed E-state index contributed by atoms with van der Waals surface area (Å²) in [5, 5.41) is 12.0. The Hall–Kier alpha value is -1.27. The molecule has 0 radical (unpaired) electrons. The zero-order valence-electron chi connectivity index (χ0n) is 25.7. The first kappa shape index (κ1) is 36.8. The first-order valence-electron chi connectivity index (χ1n) is 15.2. The van der Waals surface area contributed by atoms with Gasteiger partial charge in [-0.3, -0.25) is 0 Å². The summed E-state index contributed by atoms with van der Waals surface area (Å²) >= 11 is 0. The van der Waals surface area contributed by atoms with Crippen LogP contribution in [0.2, 0.25) is 12.1 Å². The Bertz CT molecular complexity index is 605. The van der Waals surface area contributed by atoms with Crippen molar-refractivity contribution >= 4 is 29.7 Å². The molecule has 0 aromatic carbocycles. The highest BCUT2D eigenvalue weighted by Gasteiger charge is 2.40. The van der Waals surface area contributed by atoms with Crippen molar-refractivity contribution in [2.24, 2.45) is 0 Å². The minimum absolute atomic E-state index is 0.128. The van der Waals surface area contributed by atoms with Gasteiger partial charge in [-0.2, -0.15) is 0 Å². The summed E-state index contributed by atoms with van der Waals surface area (Å²) in [6.45, 7) is 15.7. The molecule has 0 heterocycles. The first-order valence-corrected chi connectivity index (χ1v) is 19.1. The van der Waals surface area contributed by atoms with Crippen LogP contribution in [0, 0.1) is 0 Å². The van der Waals surface area contributed by atoms with E-state index in [1.807, 2.05) is 41.5 Å². The maximum atomic E-state index is 12.6. The standard InChI is InChI=1S/C26H56N4O8Si2/c1-7-33-39(34-8-2,35-9-3)21-15-19-27-25(31)29-23-17-13-14-18-24(23)30-26(32)28-20-16-22-40(36-10-4,37-11-5)38-12-6/h23-24H,7-22H2,1-6H3,(H2,27,29,31)(H2,28,30,32)/t23-,24-/m1/s1. The minimum Gasteiger partial charge on any atom is -0.374 e. The van der Waals surface area contributed by atoms with Gasteiger partial charge in [0.15, 0.2) is 0 Å². The van der Waals surface area contributed by atoms with E-state index in [9.17, 15) is 9.59 Å². The molecule has 0 aliphatic heterocycles. The van der Waals surface area contributed by atoms with Crippen molar-refractivity contribution in [3.05, 3.63) is 0 Å². The van der Waals surface area contributed by atoms with Gasteiger partial charge in [0.25, 0.3) is 0 Å². The molecule has 0 aromatic rings. The van der Waals surface area contributed by atoms with Crippen LogP contribution in [0.5, 0.6) is 0 Å². The summed E-state index contributed by atoms with van der Waals surface area (Å²) in [4.78, 5) is 25.3. The van der Waals surface area contributed by atoms with E-state index in [1.54, 1.807) is 0 Å². The van der Waals surface area contributed by atoms with Crippen molar-refractivity contribution in [2.75, 3.05) is 52.7 Å². The van der Waals surface area contributed by atoms with Crippen LogP contribution in [-0.2, 0) is 26.6 Å². The van der Waals surface area contributed by atoms with Gasteiger partial charge in [0.05, 0.1) is 12.1 Å². The second-order valence-electron chi connectivity index (χ2n) is 9.47. The predicted molar refractivity (Wildman–Crippen MR) is 159 cm³/mol. The largest absolute Gasteiger partial charge is 0.500 e. The van der Waals surface area contributed by atoms with E-state index in [-0.39, 0.29) is 24.1 Å². The normalized spacial score (nSPS) is 17.9. The van der Waals surface area contributed by atoms with Crippen molar-refractivity contribution in [1.29, 1.82) is 0 Å². The molecule has 1 aliphatic rings. The summed E-state index contributed by atoms with van der Waals surface area (Å²) in [5.41, 5.74) is 0. The molecule has 0 bridgehead atoms. The molecule has 4 amide bonds. The quantitative estimate of drug-likeness (QED) is 0.108. The average molecular weight is 609 g/mol. The fraction of sp³-hybridized carbons (Fsp3) is 0.923. The van der Waals surface area contributed by atoms with E-state index in [1.165, 1.54) is 0 Å². The molecule has 1 fully saturated rings. The van der Waals surface area contributed by atoms with Gasteiger partial charge in [-0.05, 0) is 67.2 Å². The van der Waals surface area contributed by atoms with E-state index in [0.717, 1.165) is 25.7 Å². The third kappa shape index (κ3) is 14.1. The summed E-state index contributed by atoms with van der Waals surface area (Å²) in [7, 11) is -5.44. The molecule has 1 saturated carbocycles. The molecule has 0 spiro atoms. The number of rotatable bonds is 22. The van der Waals surface area contributed by atoms with Crippen LogP contribution < -0.4 is 21.3 Å². The number of hydrogen-bond acceptors (Lipinski definition) is 8. The highest BCUT2D eigenvalue weighted by Crippen LogP contribution is 2.20. The molecule has 0 saturated heterocycles. The van der Waals surface area contributed by atoms with Gasteiger partial charge < -0.3 is 47.8 Å². The monoisotopic (exact) mass is 608 g/mol. The van der Waals surface area contributed by atoms with Gasteiger partial charge in [0.2, 0.25) is 0 Å². The summed E-state index contributed by atoms with van der Waals surface area (Å²) < 4.78 is 35.3. The van der Waals surface area contributed by atoms with Crippen LogP contribution in [0.4, 0.5) is 9.59 Å². The molecule has 40 heavy (non-hydrogen) atoms. The molecule has 1 aliphatic carbocycles. The molecular formula is C26H56N4O8Si2. The average Bonchev–Trinajstić information content (AvgIpc) is 2.91. The Balaban J connectivity index is 2.48. The highest BCUT2D eigenvalue weighted by molar-refractivity contribution is 6.61. The smallest absolute Gasteiger partial charge is 0.374 e. The van der Waals surface area contributed by atoms with Crippen molar-refractivity contribution in [3.8, 4) is 0 Å². The lowest BCUT2D eigenvalue weighted by molar-refractivity contribution is 0.0700. The Morgan fingerprint density at radius 3 is 1.15 bits per heavy atom. The zero-order chi connectivity index (χ0) is 29.7. The van der Waals surface area contributed by atoms with Crippen molar-refractivity contribution in [3.63, 3.8) is 0 Å². The summed E-state index contributed by atoms with van der Waals surface area (Å²) in [6.07, 6.45) is 5.03. The lowest BCUT2D eigenvalue weighted by atomic mass is 9.90. The van der Waals surface area contributed by atoms with Gasteiger partial charge in [0.1, 0.15) is 0 Å². The fourth-order valence-corrected chi connectivity index (χ4v) is 10.2. The highest BCUT2D eigenvalue weighted by atomic mass is 28.4. The van der Waals surface area contributed by atoms with Crippen LogP contribution in [-0.4, -0.2) is 94.5 Å². The van der Waals surface area contributed by atoms with E-state index < -0.39 is 17.6 Å². The van der Waals surface area contributed by atoms with E-state index in [4.69, 9.17) is 26.6 Å². The lowest BCUT2D eigenvalue weighted by Crippen LogP contribution is -2.56. The SMILES string of the molecule is CCO[Si](CCCNC(=O)N[C@@H]1CCCC[C@H]1NC(=O)NCCC[Si](OCC)(OCC)OCC)(OCC)OCC. The number of carbonyl (C=O) groups is 2. The van der Waals surface area contributed by atoms with Gasteiger partial charge in [0, 0.05) is 64.8 Å². The Morgan fingerprint density at radius 1 is 0.575 bits per heavy atom. The number of amides is 4. The molecule has 0 unspecified atom stereocenters. The molecule has 2 atom stereocenters. The van der Waals surface area contributed by atoms with Crippen molar-refractivity contribution in [1.82, 2.24) is 21.3 Å². The summed E-state index contributed by atoms with van der Waals surface area (Å²) in [5.74, 6) is 0. The Morgan fingerprint density at radius 2 is 0.875 bits per heavy atom. The topological polar surface area (TPSA) is 138 Å². The predicted octanol–water partition coefficient (Wildman–Crippen LogP) is 3.77. The third-order valence-corrected chi connectivity index (χ3v) is 12.8. The Labute approximate surface area is 244 Å². The first-order chi connectivity index (χ1) is 19.3. The fourth-order valence-electron chi connectivity index (χ4n) is 4.93. The second-order valence-corrected chi connectivity index (χ2v) is 14.9. The van der Waals surface area contributed by atoms with Crippen LogP contribution >= 0.6 is 0 Å². The number of urea groups is 2. The van der Waals surface area contributed by atoms with Crippen LogP contribution in [0.3, 0.4) is 0 Å². The Kier molecular flexibility index (Phi) is 19.7. The molecule has 4 N–H and O–H groups in total. The van der Waals surface area contributed by atoms with Crippen molar-refractivity contribution < 1.29 is 36.1 Å². The minimum atomic E-state index is -2.72. The number of nitrogens with one attached hydrogen (secondary N) is 4. The van der Waals surface area contributed by atoms with Crippen LogP contribution in [0.25, 0.3) is 0 Å². The molecule has 0 aromatic heterocycles. The van der Waals surface area contributed by atoms with Gasteiger partial charge in [-0.1, -0.05) is 12.8 Å². The molecule has 236 valence electrons. The third-order valence-electron chi connectivity index (χ3n) is 6.48.